The second-order valence-electron chi connectivity index (χ2n) is 6.35. The summed E-state index contributed by atoms with van der Waals surface area (Å²) in [5, 5.41) is 5.32. The first-order valence-electron chi connectivity index (χ1n) is 9.12. The van der Waals surface area contributed by atoms with E-state index < -0.39 is 0 Å². The largest absolute Gasteiger partial charge is 0.491 e. The standard InChI is InChI=1S/C22H22N4O3/c1-4-19(25-13-23-2)26-21(27)15-10-16-18(14-8-6-5-7-9-14)12-29-20(16)17(11-15)22(28)24-3/h4-11,13,18H,2,12H2,1,3H3,(H,24,28)(H,26,27)/b19-4+,25-13-. The van der Waals surface area contributed by atoms with Gasteiger partial charge in [-0.3, -0.25) is 14.6 Å². The number of allylic oxidation sites excluding steroid dienone is 1. The normalized spacial score (nSPS) is 15.5. The zero-order chi connectivity index (χ0) is 20.8. The van der Waals surface area contributed by atoms with Gasteiger partial charge in [0.25, 0.3) is 11.8 Å². The highest BCUT2D eigenvalue weighted by Gasteiger charge is 2.31. The SMILES string of the molecule is C=N/C=N\C(=C/C)NC(=O)c1cc(C(=O)NC)c2c(c1)C(c1ccccc1)CO2. The third-order valence-corrected chi connectivity index (χ3v) is 4.62. The molecule has 2 aromatic rings. The van der Waals surface area contributed by atoms with Crippen LogP contribution in [0.25, 0.3) is 0 Å². The molecule has 3 rings (SSSR count). The number of nitrogens with zero attached hydrogens (tertiary/aromatic N) is 2. The molecule has 1 unspecified atom stereocenters. The van der Waals surface area contributed by atoms with Gasteiger partial charge < -0.3 is 15.4 Å². The van der Waals surface area contributed by atoms with Crippen LogP contribution < -0.4 is 15.4 Å². The first-order chi connectivity index (χ1) is 14.1. The quantitative estimate of drug-likeness (QED) is 0.587. The summed E-state index contributed by atoms with van der Waals surface area (Å²) in [6.45, 7) is 5.47. The van der Waals surface area contributed by atoms with E-state index in [2.05, 4.69) is 27.3 Å². The maximum atomic E-state index is 12.8. The number of hydrogen-bond donors (Lipinski definition) is 2. The first-order valence-corrected chi connectivity index (χ1v) is 9.12. The zero-order valence-electron chi connectivity index (χ0n) is 16.3. The number of rotatable bonds is 6. The molecule has 0 fully saturated rings. The summed E-state index contributed by atoms with van der Waals surface area (Å²) < 4.78 is 5.86. The van der Waals surface area contributed by atoms with Crippen molar-refractivity contribution >= 4 is 24.9 Å². The van der Waals surface area contributed by atoms with Gasteiger partial charge in [-0.05, 0) is 37.4 Å². The third-order valence-electron chi connectivity index (χ3n) is 4.62. The van der Waals surface area contributed by atoms with Gasteiger partial charge in [0.05, 0.1) is 12.2 Å². The Morgan fingerprint density at radius 2 is 1.97 bits per heavy atom. The lowest BCUT2D eigenvalue weighted by Gasteiger charge is -2.13. The maximum absolute atomic E-state index is 12.8. The van der Waals surface area contributed by atoms with E-state index in [4.69, 9.17) is 4.74 Å². The van der Waals surface area contributed by atoms with Crippen molar-refractivity contribution in [3.8, 4) is 5.75 Å². The fourth-order valence-corrected chi connectivity index (χ4v) is 3.19. The Balaban J connectivity index is 2.03. The van der Waals surface area contributed by atoms with Crippen LogP contribution >= 0.6 is 0 Å². The summed E-state index contributed by atoms with van der Waals surface area (Å²) in [7, 11) is 1.54. The minimum atomic E-state index is -0.383. The van der Waals surface area contributed by atoms with Crippen LogP contribution in [0.4, 0.5) is 0 Å². The number of amides is 2. The minimum absolute atomic E-state index is 0.0634. The van der Waals surface area contributed by atoms with Crippen molar-refractivity contribution in [2.24, 2.45) is 9.98 Å². The van der Waals surface area contributed by atoms with Gasteiger partial charge in [-0.25, -0.2) is 4.99 Å². The molecule has 0 saturated carbocycles. The van der Waals surface area contributed by atoms with Gasteiger partial charge in [0, 0.05) is 24.1 Å². The molecule has 1 aliphatic rings. The van der Waals surface area contributed by atoms with Gasteiger partial charge in [-0.1, -0.05) is 30.3 Å². The Hall–Kier alpha value is -3.74. The molecule has 2 N–H and O–H groups in total. The number of nitrogens with one attached hydrogen (secondary N) is 2. The van der Waals surface area contributed by atoms with Crippen molar-refractivity contribution in [1.82, 2.24) is 10.6 Å². The predicted octanol–water partition coefficient (Wildman–Crippen LogP) is 2.89. The summed E-state index contributed by atoms with van der Waals surface area (Å²) >= 11 is 0. The van der Waals surface area contributed by atoms with Crippen molar-refractivity contribution in [2.45, 2.75) is 12.8 Å². The predicted molar refractivity (Wildman–Crippen MR) is 113 cm³/mol. The highest BCUT2D eigenvalue weighted by molar-refractivity contribution is 6.02. The maximum Gasteiger partial charge on any atom is 0.256 e. The summed E-state index contributed by atoms with van der Waals surface area (Å²) in [5.41, 5.74) is 2.53. The van der Waals surface area contributed by atoms with Crippen molar-refractivity contribution in [3.63, 3.8) is 0 Å². The van der Waals surface area contributed by atoms with Crippen LogP contribution in [0, 0.1) is 0 Å². The Morgan fingerprint density at radius 1 is 1.21 bits per heavy atom. The van der Waals surface area contributed by atoms with Crippen LogP contribution in [0.1, 0.15) is 44.7 Å². The Morgan fingerprint density at radius 3 is 2.62 bits per heavy atom. The van der Waals surface area contributed by atoms with E-state index in [1.807, 2.05) is 30.3 Å². The van der Waals surface area contributed by atoms with E-state index in [1.54, 1.807) is 26.1 Å². The number of carbonyl (C=O) groups excluding carboxylic acids is 2. The first kappa shape index (κ1) is 20.0. The lowest BCUT2D eigenvalue weighted by Crippen LogP contribution is -2.24. The van der Waals surface area contributed by atoms with Gasteiger partial charge >= 0.3 is 0 Å². The summed E-state index contributed by atoms with van der Waals surface area (Å²) in [6, 6.07) is 13.2. The number of ether oxygens (including phenoxy) is 1. The average Bonchev–Trinajstić information content (AvgIpc) is 3.19. The molecule has 0 aliphatic carbocycles. The van der Waals surface area contributed by atoms with E-state index >= 15 is 0 Å². The van der Waals surface area contributed by atoms with Crippen LogP contribution in [0.5, 0.6) is 5.75 Å². The molecule has 7 heteroatoms. The number of carbonyl (C=O) groups is 2. The summed E-state index contributed by atoms with van der Waals surface area (Å²) in [5.74, 6) is 0.0809. The number of aliphatic imine (C=N–C) groups is 2. The van der Waals surface area contributed by atoms with Crippen LogP contribution in [0.3, 0.4) is 0 Å². The molecular formula is C22H22N4O3. The lowest BCUT2D eigenvalue weighted by molar-refractivity contribution is 0.0960. The van der Waals surface area contributed by atoms with Crippen LogP contribution in [0.2, 0.25) is 0 Å². The molecule has 0 radical (unpaired) electrons. The van der Waals surface area contributed by atoms with E-state index in [9.17, 15) is 9.59 Å². The van der Waals surface area contributed by atoms with Gasteiger partial charge in [0.15, 0.2) is 0 Å². The number of benzene rings is 2. The Labute approximate surface area is 169 Å². The highest BCUT2D eigenvalue weighted by Crippen LogP contribution is 2.41. The highest BCUT2D eigenvalue weighted by atomic mass is 16.5. The summed E-state index contributed by atoms with van der Waals surface area (Å²) in [6.07, 6.45) is 2.88. The molecule has 0 aromatic heterocycles. The van der Waals surface area contributed by atoms with Crippen molar-refractivity contribution in [1.29, 1.82) is 0 Å². The van der Waals surface area contributed by atoms with Crippen LogP contribution in [-0.2, 0) is 0 Å². The molecular weight excluding hydrogens is 368 g/mol. The zero-order valence-corrected chi connectivity index (χ0v) is 16.3. The molecule has 29 heavy (non-hydrogen) atoms. The lowest BCUT2D eigenvalue weighted by atomic mass is 9.90. The van der Waals surface area contributed by atoms with Gasteiger partial charge in [0.1, 0.15) is 17.9 Å². The molecule has 148 valence electrons. The molecule has 1 heterocycles. The second kappa shape index (κ2) is 8.97. The van der Waals surface area contributed by atoms with E-state index in [-0.39, 0.29) is 17.7 Å². The van der Waals surface area contributed by atoms with Crippen molar-refractivity contribution in [3.05, 3.63) is 76.6 Å². The second-order valence-corrected chi connectivity index (χ2v) is 6.35. The smallest absolute Gasteiger partial charge is 0.256 e. The molecule has 7 nitrogen and oxygen atoms in total. The van der Waals surface area contributed by atoms with Gasteiger partial charge in [0.2, 0.25) is 0 Å². The van der Waals surface area contributed by atoms with Crippen LogP contribution in [-0.4, -0.2) is 38.5 Å². The molecule has 0 spiro atoms. The third kappa shape index (κ3) is 4.24. The van der Waals surface area contributed by atoms with E-state index in [0.29, 0.717) is 29.3 Å². The molecule has 2 aromatic carbocycles. The van der Waals surface area contributed by atoms with Crippen molar-refractivity contribution < 1.29 is 14.3 Å². The fraction of sp³-hybridized carbons (Fsp3) is 0.182. The van der Waals surface area contributed by atoms with E-state index in [1.165, 1.54) is 12.4 Å². The fourth-order valence-electron chi connectivity index (χ4n) is 3.19. The van der Waals surface area contributed by atoms with Gasteiger partial charge in [-0.15, -0.1) is 0 Å². The van der Waals surface area contributed by atoms with Gasteiger partial charge in [-0.2, -0.15) is 0 Å². The Kier molecular flexibility index (Phi) is 6.19. The minimum Gasteiger partial charge on any atom is -0.491 e. The van der Waals surface area contributed by atoms with E-state index in [0.717, 1.165) is 11.1 Å². The molecule has 2 amide bonds. The van der Waals surface area contributed by atoms with Crippen molar-refractivity contribution in [2.75, 3.05) is 13.7 Å². The number of hydrogen-bond acceptors (Lipinski definition) is 4. The molecule has 0 saturated heterocycles. The average molecular weight is 390 g/mol. The molecule has 0 bridgehead atoms. The number of fused-ring (bicyclic) bond motifs is 1. The monoisotopic (exact) mass is 390 g/mol. The Bertz CT molecular complexity index is 997. The summed E-state index contributed by atoms with van der Waals surface area (Å²) in [4.78, 5) is 32.8. The molecule has 1 atom stereocenters. The molecule has 1 aliphatic heterocycles. The topological polar surface area (TPSA) is 92.2 Å². The van der Waals surface area contributed by atoms with Crippen LogP contribution in [0.15, 0.2) is 64.3 Å².